The zero-order chi connectivity index (χ0) is 8.55. The number of aromatic nitrogens is 3. The number of fused-ring (bicyclic) bond motifs is 1. The predicted molar refractivity (Wildman–Crippen MR) is 47.0 cm³/mol. The van der Waals surface area contributed by atoms with Gasteiger partial charge in [-0.1, -0.05) is 6.92 Å². The van der Waals surface area contributed by atoms with Crippen LogP contribution < -0.4 is 5.73 Å². The Morgan fingerprint density at radius 1 is 1.75 bits per heavy atom. The van der Waals surface area contributed by atoms with E-state index in [0.717, 1.165) is 11.5 Å². The molecule has 2 heterocycles. The quantitative estimate of drug-likeness (QED) is 0.687. The Balaban J connectivity index is 2.44. The molecule has 0 fully saturated rings. The number of hydrogen-bond acceptors (Lipinski definition) is 2. The molecule has 0 aliphatic rings. The summed E-state index contributed by atoms with van der Waals surface area (Å²) in [6.45, 7) is 2.74. The fourth-order valence-electron chi connectivity index (χ4n) is 1.20. The largest absolute Gasteiger partial charge is 0.330 e. The van der Waals surface area contributed by atoms with Crippen LogP contribution in [0.4, 0.5) is 0 Å². The maximum absolute atomic E-state index is 5.54. The van der Waals surface area contributed by atoms with Crippen molar-refractivity contribution in [1.29, 1.82) is 0 Å². The van der Waals surface area contributed by atoms with Crippen molar-refractivity contribution < 1.29 is 0 Å². The SMILES string of the molecule is CC(CN)c1cn2ccnc2[nH]1. The lowest BCUT2D eigenvalue weighted by Crippen LogP contribution is -2.08. The van der Waals surface area contributed by atoms with E-state index in [0.29, 0.717) is 12.5 Å². The van der Waals surface area contributed by atoms with Gasteiger partial charge in [0.1, 0.15) is 0 Å². The molecule has 3 N–H and O–H groups in total. The van der Waals surface area contributed by atoms with Gasteiger partial charge < -0.3 is 10.7 Å². The van der Waals surface area contributed by atoms with Crippen LogP contribution in [0.3, 0.4) is 0 Å². The van der Waals surface area contributed by atoms with Crippen LogP contribution in [0.5, 0.6) is 0 Å². The Kier molecular flexibility index (Phi) is 1.62. The van der Waals surface area contributed by atoms with Gasteiger partial charge in [0.05, 0.1) is 0 Å². The third kappa shape index (κ3) is 1.00. The molecular weight excluding hydrogens is 152 g/mol. The van der Waals surface area contributed by atoms with E-state index in [1.165, 1.54) is 0 Å². The second kappa shape index (κ2) is 2.64. The van der Waals surface area contributed by atoms with E-state index >= 15 is 0 Å². The van der Waals surface area contributed by atoms with Gasteiger partial charge in [-0.25, -0.2) is 4.98 Å². The standard InChI is InChI=1S/C8H12N4/c1-6(4-9)7-5-12-3-2-10-8(12)11-7/h2-3,5-6H,4,9H2,1H3,(H,10,11). The second-order valence-electron chi connectivity index (χ2n) is 3.00. The fourth-order valence-corrected chi connectivity index (χ4v) is 1.20. The summed E-state index contributed by atoms with van der Waals surface area (Å²) in [4.78, 5) is 7.32. The maximum atomic E-state index is 5.54. The molecule has 2 rings (SSSR count). The molecule has 0 aliphatic heterocycles. The molecule has 0 saturated heterocycles. The highest BCUT2D eigenvalue weighted by atomic mass is 15.1. The van der Waals surface area contributed by atoms with E-state index in [-0.39, 0.29) is 0 Å². The Morgan fingerprint density at radius 3 is 3.25 bits per heavy atom. The van der Waals surface area contributed by atoms with Crippen LogP contribution in [0.25, 0.3) is 5.78 Å². The first-order valence-electron chi connectivity index (χ1n) is 4.03. The molecule has 1 unspecified atom stereocenters. The normalized spacial score (nSPS) is 13.8. The smallest absolute Gasteiger partial charge is 0.211 e. The topological polar surface area (TPSA) is 59.1 Å². The van der Waals surface area contributed by atoms with Crippen LogP contribution in [0, 0.1) is 0 Å². The van der Waals surface area contributed by atoms with Crippen molar-refractivity contribution in [3.05, 3.63) is 24.3 Å². The van der Waals surface area contributed by atoms with E-state index in [9.17, 15) is 0 Å². The molecule has 0 bridgehead atoms. The van der Waals surface area contributed by atoms with Crippen molar-refractivity contribution in [2.45, 2.75) is 12.8 Å². The van der Waals surface area contributed by atoms with Gasteiger partial charge >= 0.3 is 0 Å². The molecule has 0 radical (unpaired) electrons. The number of imidazole rings is 2. The van der Waals surface area contributed by atoms with Gasteiger partial charge in [0.25, 0.3) is 0 Å². The summed E-state index contributed by atoms with van der Waals surface area (Å²) in [5.74, 6) is 1.25. The molecule has 4 nitrogen and oxygen atoms in total. The van der Waals surface area contributed by atoms with E-state index in [1.807, 2.05) is 16.8 Å². The summed E-state index contributed by atoms with van der Waals surface area (Å²) in [7, 11) is 0. The van der Waals surface area contributed by atoms with Gasteiger partial charge in [-0.3, -0.25) is 4.40 Å². The molecule has 0 aromatic carbocycles. The van der Waals surface area contributed by atoms with E-state index in [2.05, 4.69) is 16.9 Å². The fraction of sp³-hybridized carbons (Fsp3) is 0.375. The van der Waals surface area contributed by atoms with Crippen LogP contribution in [-0.2, 0) is 0 Å². The predicted octanol–water partition coefficient (Wildman–Crippen LogP) is 0.725. The zero-order valence-corrected chi connectivity index (χ0v) is 6.99. The Labute approximate surface area is 70.4 Å². The number of nitrogens with one attached hydrogen (secondary N) is 1. The number of H-pyrrole nitrogens is 1. The minimum atomic E-state index is 0.367. The van der Waals surface area contributed by atoms with Crippen molar-refractivity contribution in [3.8, 4) is 0 Å². The molecule has 64 valence electrons. The molecule has 2 aromatic rings. The van der Waals surface area contributed by atoms with Gasteiger partial charge in [0, 0.05) is 36.7 Å². The Bertz CT molecular complexity index is 344. The van der Waals surface area contributed by atoms with Crippen LogP contribution in [0.2, 0.25) is 0 Å². The molecular formula is C8H12N4. The number of nitrogens with two attached hydrogens (primary N) is 1. The first-order valence-corrected chi connectivity index (χ1v) is 4.03. The average Bonchev–Trinajstić information content (AvgIpc) is 2.60. The number of rotatable bonds is 2. The first-order chi connectivity index (χ1) is 5.81. The minimum Gasteiger partial charge on any atom is -0.330 e. The Morgan fingerprint density at radius 2 is 2.58 bits per heavy atom. The second-order valence-corrected chi connectivity index (χ2v) is 3.00. The third-order valence-corrected chi connectivity index (χ3v) is 2.09. The Hall–Kier alpha value is -1.29. The van der Waals surface area contributed by atoms with Gasteiger partial charge in [0.15, 0.2) is 0 Å². The van der Waals surface area contributed by atoms with Crippen LogP contribution in [0.1, 0.15) is 18.5 Å². The van der Waals surface area contributed by atoms with Crippen molar-refractivity contribution >= 4 is 5.78 Å². The molecule has 0 saturated carbocycles. The highest BCUT2D eigenvalue weighted by Crippen LogP contribution is 2.12. The zero-order valence-electron chi connectivity index (χ0n) is 6.99. The van der Waals surface area contributed by atoms with Crippen molar-refractivity contribution in [1.82, 2.24) is 14.4 Å². The molecule has 1 atom stereocenters. The summed E-state index contributed by atoms with van der Waals surface area (Å²) in [5.41, 5.74) is 6.68. The lowest BCUT2D eigenvalue weighted by atomic mass is 10.1. The molecule has 0 amide bonds. The van der Waals surface area contributed by atoms with E-state index in [4.69, 9.17) is 5.73 Å². The number of aromatic amines is 1. The van der Waals surface area contributed by atoms with Crippen molar-refractivity contribution in [3.63, 3.8) is 0 Å². The summed E-state index contributed by atoms with van der Waals surface area (Å²) in [6, 6.07) is 0. The van der Waals surface area contributed by atoms with Gasteiger partial charge in [-0.15, -0.1) is 0 Å². The highest BCUT2D eigenvalue weighted by Gasteiger charge is 2.06. The lowest BCUT2D eigenvalue weighted by Gasteiger charge is -2.02. The van der Waals surface area contributed by atoms with E-state index in [1.54, 1.807) is 6.20 Å². The van der Waals surface area contributed by atoms with Crippen LogP contribution in [-0.4, -0.2) is 20.9 Å². The van der Waals surface area contributed by atoms with Crippen LogP contribution in [0.15, 0.2) is 18.6 Å². The van der Waals surface area contributed by atoms with Gasteiger partial charge in [0.2, 0.25) is 5.78 Å². The summed E-state index contributed by atoms with van der Waals surface area (Å²) in [6.07, 6.45) is 5.71. The van der Waals surface area contributed by atoms with Gasteiger partial charge in [-0.05, 0) is 0 Å². The molecule has 12 heavy (non-hydrogen) atoms. The van der Waals surface area contributed by atoms with Crippen molar-refractivity contribution in [2.75, 3.05) is 6.54 Å². The summed E-state index contributed by atoms with van der Waals surface area (Å²) < 4.78 is 1.96. The lowest BCUT2D eigenvalue weighted by molar-refractivity contribution is 0.751. The number of hydrogen-bond donors (Lipinski definition) is 2. The minimum absolute atomic E-state index is 0.367. The average molecular weight is 164 g/mol. The summed E-state index contributed by atoms with van der Waals surface area (Å²) >= 11 is 0. The molecule has 4 heteroatoms. The first kappa shape index (κ1) is 7.36. The molecule has 0 spiro atoms. The monoisotopic (exact) mass is 164 g/mol. The maximum Gasteiger partial charge on any atom is 0.211 e. The third-order valence-electron chi connectivity index (χ3n) is 2.09. The number of nitrogens with zero attached hydrogens (tertiary/aromatic N) is 2. The van der Waals surface area contributed by atoms with E-state index < -0.39 is 0 Å². The molecule has 2 aromatic heterocycles. The molecule has 0 aliphatic carbocycles. The summed E-state index contributed by atoms with van der Waals surface area (Å²) in [5, 5.41) is 0. The van der Waals surface area contributed by atoms with Gasteiger partial charge in [-0.2, -0.15) is 0 Å². The van der Waals surface area contributed by atoms with Crippen molar-refractivity contribution in [2.24, 2.45) is 5.73 Å². The van der Waals surface area contributed by atoms with Crippen LogP contribution >= 0.6 is 0 Å². The highest BCUT2D eigenvalue weighted by molar-refractivity contribution is 5.31.